The number of likely N-dealkylation sites (tertiary alicyclic amines) is 1. The Kier molecular flexibility index (Phi) is 5.41. The fraction of sp³-hybridized carbons (Fsp3) is 0.259. The van der Waals surface area contributed by atoms with Crippen LogP contribution in [0.25, 0.3) is 16.9 Å². The van der Waals surface area contributed by atoms with Crippen molar-refractivity contribution in [1.82, 2.24) is 19.0 Å². The van der Waals surface area contributed by atoms with Crippen molar-refractivity contribution in [2.45, 2.75) is 31.2 Å². The fourth-order valence-electron chi connectivity index (χ4n) is 5.28. The summed E-state index contributed by atoms with van der Waals surface area (Å²) in [5, 5.41) is 9.77. The number of rotatable bonds is 5. The first-order valence-corrected chi connectivity index (χ1v) is 12.4. The van der Waals surface area contributed by atoms with Crippen molar-refractivity contribution in [3.8, 4) is 5.69 Å². The number of carbonyl (C=O) groups is 2. The van der Waals surface area contributed by atoms with E-state index in [0.29, 0.717) is 45.8 Å². The second-order valence-electron chi connectivity index (χ2n) is 9.56. The normalized spacial score (nSPS) is 16.3. The molecule has 1 aliphatic carbocycles. The van der Waals surface area contributed by atoms with Crippen LogP contribution >= 0.6 is 11.6 Å². The van der Waals surface area contributed by atoms with Gasteiger partial charge in [0.05, 0.1) is 27.3 Å². The van der Waals surface area contributed by atoms with Gasteiger partial charge in [-0.05, 0) is 79.8 Å². The van der Waals surface area contributed by atoms with Crippen LogP contribution in [0.1, 0.15) is 52.0 Å². The monoisotopic (exact) mass is 520 g/mol. The average Bonchev–Trinajstić information content (AvgIpc) is 3.37. The minimum absolute atomic E-state index is 0.0409. The smallest absolute Gasteiger partial charge is 0.335 e. The van der Waals surface area contributed by atoms with Crippen LogP contribution in [0.2, 0.25) is 5.02 Å². The molecule has 2 aromatic carbocycles. The highest BCUT2D eigenvalue weighted by Gasteiger charge is 2.49. The summed E-state index contributed by atoms with van der Waals surface area (Å²) in [4.78, 5) is 44.5. The predicted octanol–water partition coefficient (Wildman–Crippen LogP) is 4.45. The summed E-state index contributed by atoms with van der Waals surface area (Å²) in [5.74, 6) is -1.98. The molecule has 1 amide bonds. The van der Waals surface area contributed by atoms with Crippen LogP contribution in [0.4, 0.5) is 4.39 Å². The molecule has 1 saturated heterocycles. The van der Waals surface area contributed by atoms with Crippen molar-refractivity contribution in [3.05, 3.63) is 92.7 Å². The average molecular weight is 521 g/mol. The van der Waals surface area contributed by atoms with Crippen LogP contribution in [-0.2, 0) is 5.54 Å². The molecule has 2 aliphatic rings. The number of fused-ring (bicyclic) bond motifs is 1. The number of hydrogen-bond acceptors (Lipinski definition) is 4. The second-order valence-corrected chi connectivity index (χ2v) is 10.00. The van der Waals surface area contributed by atoms with Crippen molar-refractivity contribution in [2.75, 3.05) is 13.1 Å². The van der Waals surface area contributed by atoms with Gasteiger partial charge in [0.15, 0.2) is 5.65 Å². The number of aromatic carboxylic acids is 1. The molecule has 0 radical (unpaired) electrons. The van der Waals surface area contributed by atoms with E-state index in [1.807, 2.05) is 4.90 Å². The number of pyridine rings is 1. The molecule has 0 spiro atoms. The number of aromatic nitrogens is 3. The second kappa shape index (κ2) is 8.55. The van der Waals surface area contributed by atoms with Gasteiger partial charge < -0.3 is 10.0 Å². The van der Waals surface area contributed by atoms with Gasteiger partial charge in [-0.25, -0.2) is 19.0 Å². The Morgan fingerprint density at radius 1 is 1.00 bits per heavy atom. The Labute approximate surface area is 215 Å². The molecule has 2 aromatic heterocycles. The number of imidazole rings is 1. The lowest BCUT2D eigenvalue weighted by atomic mass is 10.0. The highest BCUT2D eigenvalue weighted by molar-refractivity contribution is 6.31. The van der Waals surface area contributed by atoms with E-state index in [2.05, 4.69) is 4.98 Å². The lowest BCUT2D eigenvalue weighted by Crippen LogP contribution is -2.32. The first-order valence-electron chi connectivity index (χ1n) is 12.0. The van der Waals surface area contributed by atoms with Crippen molar-refractivity contribution in [1.29, 1.82) is 0 Å². The summed E-state index contributed by atoms with van der Waals surface area (Å²) >= 11 is 6.25. The molecule has 8 nitrogen and oxygen atoms in total. The van der Waals surface area contributed by atoms with Crippen LogP contribution in [-0.4, -0.2) is 49.1 Å². The molecule has 0 unspecified atom stereocenters. The molecule has 0 bridgehead atoms. The summed E-state index contributed by atoms with van der Waals surface area (Å²) in [6.45, 7) is 1.48. The fourth-order valence-corrected chi connectivity index (χ4v) is 5.44. The van der Waals surface area contributed by atoms with Gasteiger partial charge in [0, 0.05) is 24.8 Å². The summed E-state index contributed by atoms with van der Waals surface area (Å²) < 4.78 is 17.4. The highest BCUT2D eigenvalue weighted by atomic mass is 35.5. The molecule has 0 atom stereocenters. The van der Waals surface area contributed by atoms with Gasteiger partial charge in [-0.2, -0.15) is 0 Å². The van der Waals surface area contributed by atoms with Crippen LogP contribution in [0.15, 0.2) is 59.5 Å². The molecule has 2 fully saturated rings. The number of hydrogen-bond donors (Lipinski definition) is 1. The maximum Gasteiger partial charge on any atom is 0.335 e. The molecular formula is C27H22ClFN4O4. The van der Waals surface area contributed by atoms with E-state index >= 15 is 0 Å². The van der Waals surface area contributed by atoms with E-state index < -0.39 is 23.0 Å². The van der Waals surface area contributed by atoms with E-state index in [-0.39, 0.29) is 11.5 Å². The molecule has 1 saturated carbocycles. The zero-order valence-electron chi connectivity index (χ0n) is 19.7. The van der Waals surface area contributed by atoms with Gasteiger partial charge in [0.25, 0.3) is 5.91 Å². The Hall–Kier alpha value is -3.98. The molecule has 37 heavy (non-hydrogen) atoms. The highest BCUT2D eigenvalue weighted by Crippen LogP contribution is 2.50. The van der Waals surface area contributed by atoms with E-state index in [4.69, 9.17) is 11.6 Å². The third-order valence-electron chi connectivity index (χ3n) is 7.25. The zero-order chi connectivity index (χ0) is 25.9. The number of carbonyl (C=O) groups excluding carboxylic acids is 1. The summed E-state index contributed by atoms with van der Waals surface area (Å²) in [6, 6.07) is 12.1. The first-order chi connectivity index (χ1) is 17.8. The van der Waals surface area contributed by atoms with Crippen LogP contribution in [0, 0.1) is 5.82 Å². The molecule has 1 aliphatic heterocycles. The van der Waals surface area contributed by atoms with Crippen LogP contribution < -0.4 is 5.69 Å². The first kappa shape index (κ1) is 23.4. The largest absolute Gasteiger partial charge is 0.478 e. The minimum atomic E-state index is -1.25. The zero-order valence-corrected chi connectivity index (χ0v) is 20.4. The molecule has 188 valence electrons. The number of nitrogens with zero attached hydrogens (tertiary/aromatic N) is 4. The quantitative estimate of drug-likeness (QED) is 0.419. The number of halogens is 2. The number of amides is 1. The van der Waals surface area contributed by atoms with Gasteiger partial charge in [-0.3, -0.25) is 13.9 Å². The summed E-state index contributed by atoms with van der Waals surface area (Å²) in [5.41, 5.74) is 0.737. The van der Waals surface area contributed by atoms with Crippen molar-refractivity contribution < 1.29 is 19.1 Å². The van der Waals surface area contributed by atoms with Gasteiger partial charge in [0.2, 0.25) is 0 Å². The molecule has 6 rings (SSSR count). The minimum Gasteiger partial charge on any atom is -0.478 e. The maximum absolute atomic E-state index is 14.4. The number of carboxylic acids is 1. The number of benzene rings is 2. The standard InChI is InChI=1S/C27H22ClFN4O4/c28-19-14-22-23(30-15-19)33(27(7-8-27)18-11-17(25(35)36)12-20(29)13-18)26(37)32(22)21-5-3-16(4-6-21)24(34)31-9-1-2-10-31/h3-6,11-15H,1-2,7-10H2,(H,35,36). The van der Waals surface area contributed by atoms with E-state index in [0.717, 1.165) is 32.0 Å². The Bertz CT molecular complexity index is 1630. The van der Waals surface area contributed by atoms with Gasteiger partial charge in [-0.1, -0.05) is 11.6 Å². The van der Waals surface area contributed by atoms with E-state index in [9.17, 15) is 23.9 Å². The Morgan fingerprint density at radius 3 is 2.35 bits per heavy atom. The molecule has 1 N–H and O–H groups in total. The number of carboxylic acid groups (broad SMARTS) is 1. The topological polar surface area (TPSA) is 97.4 Å². The molecular weight excluding hydrogens is 499 g/mol. The van der Waals surface area contributed by atoms with Gasteiger partial charge in [-0.15, -0.1) is 0 Å². The predicted molar refractivity (Wildman–Crippen MR) is 135 cm³/mol. The van der Waals surface area contributed by atoms with Crippen molar-refractivity contribution >= 4 is 34.6 Å². The SMILES string of the molecule is O=C(O)c1cc(F)cc(C2(n3c(=O)n(-c4ccc(C(=O)N5CCCC5)cc4)c4cc(Cl)cnc43)CC2)c1. The van der Waals surface area contributed by atoms with Gasteiger partial charge in [0.1, 0.15) is 5.82 Å². The lowest BCUT2D eigenvalue weighted by Gasteiger charge is -2.18. The van der Waals surface area contributed by atoms with E-state index in [1.165, 1.54) is 27.5 Å². The lowest BCUT2D eigenvalue weighted by molar-refractivity contribution is 0.0695. The maximum atomic E-state index is 14.4. The van der Waals surface area contributed by atoms with E-state index in [1.54, 1.807) is 30.3 Å². The molecule has 10 heteroatoms. The summed E-state index contributed by atoms with van der Waals surface area (Å²) in [7, 11) is 0. The molecule has 4 aromatic rings. The van der Waals surface area contributed by atoms with Crippen LogP contribution in [0.5, 0.6) is 0 Å². The molecule has 3 heterocycles. The summed E-state index contributed by atoms with van der Waals surface area (Å²) in [6.07, 6.45) is 4.46. The third-order valence-corrected chi connectivity index (χ3v) is 7.46. The van der Waals surface area contributed by atoms with Crippen molar-refractivity contribution in [3.63, 3.8) is 0 Å². The Balaban J connectivity index is 1.50. The Morgan fingerprint density at radius 2 is 1.70 bits per heavy atom. The third kappa shape index (κ3) is 3.81. The van der Waals surface area contributed by atoms with Crippen LogP contribution in [0.3, 0.4) is 0 Å². The van der Waals surface area contributed by atoms with Gasteiger partial charge >= 0.3 is 11.7 Å². The van der Waals surface area contributed by atoms with Crippen molar-refractivity contribution in [2.24, 2.45) is 0 Å².